The summed E-state index contributed by atoms with van der Waals surface area (Å²) >= 11 is -1.83. The molecular formula is C25H29N5O5S. The number of carbonyl (C=O) groups is 1. The Morgan fingerprint density at radius 3 is 2.58 bits per heavy atom. The van der Waals surface area contributed by atoms with Gasteiger partial charge >= 0.3 is 0 Å². The molecule has 0 spiro atoms. The summed E-state index contributed by atoms with van der Waals surface area (Å²) in [5.74, 6) is 1.46. The number of rotatable bonds is 6. The van der Waals surface area contributed by atoms with E-state index in [-0.39, 0.29) is 47.0 Å². The predicted octanol–water partition coefficient (Wildman–Crippen LogP) is 4.82. The highest BCUT2D eigenvalue weighted by Gasteiger charge is 2.31. The first kappa shape index (κ1) is 24.1. The van der Waals surface area contributed by atoms with Crippen molar-refractivity contribution in [1.29, 1.82) is 0 Å². The summed E-state index contributed by atoms with van der Waals surface area (Å²) in [6, 6.07) is 10.4. The Balaban J connectivity index is 1.43. The van der Waals surface area contributed by atoms with Crippen molar-refractivity contribution in [1.82, 2.24) is 13.6 Å². The highest BCUT2D eigenvalue weighted by molar-refractivity contribution is 7.14. The number of nitrogens with one attached hydrogen (secondary N) is 2. The summed E-state index contributed by atoms with van der Waals surface area (Å²) in [6.07, 6.45) is 1.91. The van der Waals surface area contributed by atoms with E-state index in [9.17, 15) is 14.5 Å². The zero-order valence-electron chi connectivity index (χ0n) is 20.4. The molecule has 11 heteroatoms. The standard InChI is InChI=1S/C25H29N5O5S/c1-25(2,3)21(15-9-10-18-19(13-15)35-14-34-18)27-23-22(28-36(33)29-23)26-17-8-6-7-16(20(17)31)24(32)30-11-4-5-12-30/h6-10,13,21,31H,4-5,11-12,14H2,1-3H3,(H,26,28)(H,27,29)/t21-,36?/m0/s1. The lowest BCUT2D eigenvalue weighted by atomic mass is 9.82. The minimum atomic E-state index is -1.83. The molecule has 36 heavy (non-hydrogen) atoms. The van der Waals surface area contributed by atoms with Gasteiger partial charge in [-0.3, -0.25) is 4.79 Å². The molecule has 3 N–H and O–H groups in total. The van der Waals surface area contributed by atoms with Gasteiger partial charge in [0.25, 0.3) is 5.91 Å². The van der Waals surface area contributed by atoms with Crippen LogP contribution in [0.4, 0.5) is 17.3 Å². The molecule has 2 aromatic carbocycles. The summed E-state index contributed by atoms with van der Waals surface area (Å²) in [6.45, 7) is 7.76. The Morgan fingerprint density at radius 1 is 1.11 bits per heavy atom. The zero-order valence-corrected chi connectivity index (χ0v) is 21.2. The van der Waals surface area contributed by atoms with E-state index in [1.165, 1.54) is 0 Å². The van der Waals surface area contributed by atoms with E-state index < -0.39 is 11.1 Å². The molecule has 2 atom stereocenters. The fourth-order valence-electron chi connectivity index (χ4n) is 4.50. The molecule has 1 aromatic heterocycles. The molecule has 1 saturated heterocycles. The average Bonchev–Trinajstić information content (AvgIpc) is 3.58. The molecule has 190 valence electrons. The van der Waals surface area contributed by atoms with Crippen LogP contribution >= 0.6 is 11.1 Å². The van der Waals surface area contributed by atoms with E-state index in [1.807, 2.05) is 18.2 Å². The van der Waals surface area contributed by atoms with Gasteiger partial charge in [-0.2, -0.15) is 0 Å². The maximum absolute atomic E-state index is 12.9. The van der Waals surface area contributed by atoms with Gasteiger partial charge in [0.2, 0.25) is 18.4 Å². The van der Waals surface area contributed by atoms with Gasteiger partial charge in [-0.1, -0.05) is 32.9 Å². The Bertz CT molecular complexity index is 1280. The predicted molar refractivity (Wildman–Crippen MR) is 136 cm³/mol. The Morgan fingerprint density at radius 2 is 1.83 bits per heavy atom. The number of fused-ring (bicyclic) bond motifs is 1. The van der Waals surface area contributed by atoms with Gasteiger partial charge in [0.15, 0.2) is 28.4 Å². The van der Waals surface area contributed by atoms with Crippen LogP contribution in [0, 0.1) is 5.41 Å². The van der Waals surface area contributed by atoms with Crippen LogP contribution in [0.3, 0.4) is 0 Å². The molecule has 2 aliphatic rings. The van der Waals surface area contributed by atoms with Crippen LogP contribution in [0.5, 0.6) is 17.2 Å². The summed E-state index contributed by atoms with van der Waals surface area (Å²) in [5, 5.41) is 17.3. The van der Waals surface area contributed by atoms with Crippen molar-refractivity contribution in [2.75, 3.05) is 30.5 Å². The molecule has 1 unspecified atom stereocenters. The SMILES string of the molecule is CC(C)(C)[C@@H](Nc1n[s+]([O-])nc1Nc1cccc(C(=O)N2CCCC2)c1O)c1ccc2c(c1)OCO2. The van der Waals surface area contributed by atoms with Crippen LogP contribution in [-0.4, -0.2) is 49.1 Å². The number of phenols is 1. The minimum absolute atomic E-state index is 0.182. The molecular weight excluding hydrogens is 482 g/mol. The van der Waals surface area contributed by atoms with Gasteiger partial charge in [0, 0.05) is 21.8 Å². The van der Waals surface area contributed by atoms with Crippen LogP contribution < -0.4 is 20.1 Å². The molecule has 1 amide bonds. The molecule has 0 bridgehead atoms. The number of benzene rings is 2. The van der Waals surface area contributed by atoms with Crippen molar-refractivity contribution < 1.29 is 23.9 Å². The second-order valence-electron chi connectivity index (χ2n) is 9.99. The maximum Gasteiger partial charge on any atom is 0.257 e. The van der Waals surface area contributed by atoms with Crippen molar-refractivity contribution in [3.8, 4) is 17.2 Å². The lowest BCUT2D eigenvalue weighted by Gasteiger charge is -2.32. The molecule has 2 aliphatic heterocycles. The first-order chi connectivity index (χ1) is 17.2. The number of carbonyl (C=O) groups excluding carboxylic acids is 1. The monoisotopic (exact) mass is 511 g/mol. The van der Waals surface area contributed by atoms with Crippen molar-refractivity contribution >= 4 is 34.4 Å². The highest BCUT2D eigenvalue weighted by Crippen LogP contribution is 2.42. The number of anilines is 3. The van der Waals surface area contributed by atoms with Gasteiger partial charge in [0.05, 0.1) is 17.3 Å². The topological polar surface area (TPSA) is 132 Å². The largest absolute Gasteiger partial charge is 0.546 e. The zero-order chi connectivity index (χ0) is 25.4. The van der Waals surface area contributed by atoms with Crippen LogP contribution in [-0.2, 0) is 0 Å². The lowest BCUT2D eigenvalue weighted by molar-refractivity contribution is 0.0790. The smallest absolute Gasteiger partial charge is 0.257 e. The maximum atomic E-state index is 12.9. The second kappa shape index (κ2) is 9.47. The molecule has 0 saturated carbocycles. The van der Waals surface area contributed by atoms with Crippen molar-refractivity contribution in [2.24, 2.45) is 5.41 Å². The van der Waals surface area contributed by atoms with Gasteiger partial charge < -0.3 is 34.7 Å². The molecule has 3 aromatic rings. The average molecular weight is 512 g/mol. The Hall–Kier alpha value is -3.57. The molecule has 0 aliphatic carbocycles. The second-order valence-corrected chi connectivity index (χ2v) is 10.8. The number of hydrogen-bond acceptors (Lipinski definition) is 9. The van der Waals surface area contributed by atoms with Crippen LogP contribution in [0.2, 0.25) is 0 Å². The molecule has 0 radical (unpaired) electrons. The quantitative estimate of drug-likeness (QED) is 0.315. The number of para-hydroxylation sites is 1. The van der Waals surface area contributed by atoms with Crippen LogP contribution in [0.1, 0.15) is 55.6 Å². The van der Waals surface area contributed by atoms with E-state index in [1.54, 1.807) is 23.1 Å². The normalized spacial score (nSPS) is 16.2. The third-order valence-electron chi connectivity index (χ3n) is 6.35. The molecule has 10 nitrogen and oxygen atoms in total. The van der Waals surface area contributed by atoms with Gasteiger partial charge in [-0.15, -0.1) is 0 Å². The number of nitrogens with zero attached hydrogens (tertiary/aromatic N) is 3. The van der Waals surface area contributed by atoms with Crippen molar-refractivity contribution in [3.63, 3.8) is 0 Å². The van der Waals surface area contributed by atoms with Gasteiger partial charge in [0.1, 0.15) is 0 Å². The molecule has 1 fully saturated rings. The lowest BCUT2D eigenvalue weighted by Crippen LogP contribution is -2.27. The van der Waals surface area contributed by atoms with Gasteiger partial charge in [-0.05, 0) is 48.1 Å². The summed E-state index contributed by atoms with van der Waals surface area (Å²) in [5.41, 5.74) is 1.16. The number of ether oxygens (including phenoxy) is 2. The number of amides is 1. The third-order valence-corrected chi connectivity index (χ3v) is 7.03. The minimum Gasteiger partial charge on any atom is -0.546 e. The summed E-state index contributed by atoms with van der Waals surface area (Å²) in [4.78, 5) is 14.6. The fourth-order valence-corrected chi connectivity index (χ4v) is 5.13. The Kier molecular flexibility index (Phi) is 6.35. The van der Waals surface area contributed by atoms with Crippen LogP contribution in [0.15, 0.2) is 36.4 Å². The Labute approximate surface area is 212 Å². The fraction of sp³-hybridized carbons (Fsp3) is 0.400. The number of hydrogen-bond donors (Lipinski definition) is 3. The molecule has 3 heterocycles. The van der Waals surface area contributed by atoms with Crippen molar-refractivity contribution in [3.05, 3.63) is 47.5 Å². The first-order valence-corrected chi connectivity index (χ1v) is 12.9. The van der Waals surface area contributed by atoms with E-state index in [4.69, 9.17) is 9.47 Å². The molecule has 5 rings (SSSR count). The number of likely N-dealkylation sites (tertiary alicyclic amines) is 1. The van der Waals surface area contributed by atoms with Crippen LogP contribution in [0.25, 0.3) is 0 Å². The van der Waals surface area contributed by atoms with Crippen molar-refractivity contribution in [2.45, 2.75) is 39.7 Å². The third kappa shape index (κ3) is 4.76. The number of aromatic nitrogens is 2. The van der Waals surface area contributed by atoms with E-state index in [2.05, 4.69) is 40.2 Å². The highest BCUT2D eigenvalue weighted by atomic mass is 32.2. The summed E-state index contributed by atoms with van der Waals surface area (Å²) < 4.78 is 31.6. The number of phenolic OH excluding ortho intramolecular Hbond substituents is 1. The van der Waals surface area contributed by atoms with E-state index in [0.29, 0.717) is 30.4 Å². The first-order valence-electron chi connectivity index (χ1n) is 11.8. The van der Waals surface area contributed by atoms with E-state index in [0.717, 1.165) is 18.4 Å². The van der Waals surface area contributed by atoms with Gasteiger partial charge in [-0.25, -0.2) is 0 Å². The number of aromatic hydroxyl groups is 1. The van der Waals surface area contributed by atoms with E-state index >= 15 is 0 Å². The summed E-state index contributed by atoms with van der Waals surface area (Å²) in [7, 11) is 0.